The Labute approximate surface area is 140 Å². The number of methoxy groups -OCH3 is 2. The molecule has 0 unspecified atom stereocenters. The molecule has 0 aliphatic carbocycles. The van der Waals surface area contributed by atoms with Gasteiger partial charge in [0.05, 0.1) is 25.2 Å². The number of thioether (sulfide) groups is 1. The normalized spacial score (nSPS) is 16.7. The number of carbonyl (C=O) groups excluding carboxylic acids is 2. The van der Waals surface area contributed by atoms with E-state index in [9.17, 15) is 14.7 Å². The Morgan fingerprint density at radius 3 is 2.73 bits per heavy atom. The number of phenolic OH excluding ortho intramolecular Hbond substituents is 1. The molecular weight excluding hydrogens is 374 g/mol. The van der Waals surface area contributed by atoms with Crippen molar-refractivity contribution in [2.75, 3.05) is 27.4 Å². The highest BCUT2D eigenvalue weighted by molar-refractivity contribution is 9.10. The van der Waals surface area contributed by atoms with Crippen LogP contribution in [0.15, 0.2) is 21.5 Å². The highest BCUT2D eigenvalue weighted by atomic mass is 79.9. The summed E-state index contributed by atoms with van der Waals surface area (Å²) in [6.45, 7) is 0.515. The van der Waals surface area contributed by atoms with Gasteiger partial charge in [-0.25, -0.2) is 0 Å². The third-order valence-electron chi connectivity index (χ3n) is 2.98. The summed E-state index contributed by atoms with van der Waals surface area (Å²) < 4.78 is 10.5. The van der Waals surface area contributed by atoms with Gasteiger partial charge in [-0.15, -0.1) is 0 Å². The molecule has 1 aromatic carbocycles. The molecule has 1 saturated heterocycles. The van der Waals surface area contributed by atoms with Gasteiger partial charge in [0.1, 0.15) is 0 Å². The highest BCUT2D eigenvalue weighted by Gasteiger charge is 2.34. The first-order valence-electron chi connectivity index (χ1n) is 6.28. The van der Waals surface area contributed by atoms with E-state index in [1.54, 1.807) is 12.1 Å². The molecule has 0 spiro atoms. The summed E-state index contributed by atoms with van der Waals surface area (Å²) in [5.41, 5.74) is 0.631. The molecule has 1 aromatic rings. The fraction of sp³-hybridized carbons (Fsp3) is 0.286. The summed E-state index contributed by atoms with van der Waals surface area (Å²) in [5, 5.41) is 9.36. The summed E-state index contributed by atoms with van der Waals surface area (Å²) in [7, 11) is 2.94. The van der Waals surface area contributed by atoms with Gasteiger partial charge in [-0.2, -0.15) is 0 Å². The van der Waals surface area contributed by atoms with Crippen molar-refractivity contribution in [2.45, 2.75) is 0 Å². The zero-order valence-corrected chi connectivity index (χ0v) is 14.4. The Balaban J connectivity index is 2.30. The Kier molecular flexibility index (Phi) is 5.49. The average molecular weight is 388 g/mol. The van der Waals surface area contributed by atoms with Gasteiger partial charge in [-0.3, -0.25) is 14.5 Å². The Morgan fingerprint density at radius 2 is 2.09 bits per heavy atom. The maximum Gasteiger partial charge on any atom is 0.293 e. The molecule has 1 fully saturated rings. The van der Waals surface area contributed by atoms with Crippen molar-refractivity contribution in [3.8, 4) is 11.5 Å². The third-order valence-corrected chi connectivity index (χ3v) is 4.57. The monoisotopic (exact) mass is 387 g/mol. The van der Waals surface area contributed by atoms with Crippen LogP contribution < -0.4 is 4.74 Å². The molecule has 6 nitrogen and oxygen atoms in total. The lowest BCUT2D eigenvalue weighted by Gasteiger charge is -2.11. The first kappa shape index (κ1) is 16.9. The van der Waals surface area contributed by atoms with E-state index in [1.165, 1.54) is 20.3 Å². The first-order valence-corrected chi connectivity index (χ1v) is 7.89. The van der Waals surface area contributed by atoms with Crippen LogP contribution in [0.3, 0.4) is 0 Å². The Bertz CT molecular complexity index is 646. The average Bonchev–Trinajstić information content (AvgIpc) is 2.74. The van der Waals surface area contributed by atoms with E-state index in [0.29, 0.717) is 21.5 Å². The number of phenols is 1. The molecule has 1 aliphatic heterocycles. The molecule has 0 aromatic heterocycles. The van der Waals surface area contributed by atoms with E-state index >= 15 is 0 Å². The highest BCUT2D eigenvalue weighted by Crippen LogP contribution is 2.37. The number of amides is 2. The summed E-state index contributed by atoms with van der Waals surface area (Å²) in [6.07, 6.45) is 1.59. The van der Waals surface area contributed by atoms with Crippen LogP contribution >= 0.6 is 27.7 Å². The van der Waals surface area contributed by atoms with E-state index in [1.807, 2.05) is 0 Å². The molecule has 2 amide bonds. The zero-order valence-electron chi connectivity index (χ0n) is 12.0. The zero-order chi connectivity index (χ0) is 16.3. The quantitative estimate of drug-likeness (QED) is 0.782. The van der Waals surface area contributed by atoms with Gasteiger partial charge in [0.25, 0.3) is 11.1 Å². The van der Waals surface area contributed by atoms with Crippen molar-refractivity contribution in [3.05, 3.63) is 27.1 Å². The van der Waals surface area contributed by atoms with E-state index < -0.39 is 0 Å². The minimum absolute atomic E-state index is 0.0141. The number of carbonyl (C=O) groups is 2. The van der Waals surface area contributed by atoms with E-state index in [0.717, 1.165) is 16.7 Å². The maximum atomic E-state index is 12.2. The van der Waals surface area contributed by atoms with Crippen molar-refractivity contribution >= 4 is 44.9 Å². The molecular formula is C14H14BrNO5S. The topological polar surface area (TPSA) is 76.1 Å². The van der Waals surface area contributed by atoms with Crippen molar-refractivity contribution < 1.29 is 24.2 Å². The minimum Gasteiger partial charge on any atom is -0.504 e. The van der Waals surface area contributed by atoms with Gasteiger partial charge >= 0.3 is 0 Å². The SMILES string of the molecule is COCCN1C(=O)S/C(=C/c2cc(OC)c(O)cc2Br)C1=O. The number of hydrogen-bond donors (Lipinski definition) is 1. The second-order valence-corrected chi connectivity index (χ2v) is 6.22. The lowest BCUT2D eigenvalue weighted by Crippen LogP contribution is -2.31. The molecule has 1 heterocycles. The number of hydrogen-bond acceptors (Lipinski definition) is 6. The largest absolute Gasteiger partial charge is 0.504 e. The fourth-order valence-corrected chi connectivity index (χ4v) is 3.15. The Morgan fingerprint density at radius 1 is 1.36 bits per heavy atom. The molecule has 0 saturated carbocycles. The number of nitrogens with zero attached hydrogens (tertiary/aromatic N) is 1. The second kappa shape index (κ2) is 7.17. The second-order valence-electron chi connectivity index (χ2n) is 4.37. The van der Waals surface area contributed by atoms with Gasteiger partial charge < -0.3 is 14.6 Å². The van der Waals surface area contributed by atoms with Crippen LogP contribution in [-0.4, -0.2) is 48.5 Å². The predicted molar refractivity (Wildman–Crippen MR) is 86.9 cm³/mol. The smallest absolute Gasteiger partial charge is 0.293 e. The lowest BCUT2D eigenvalue weighted by atomic mass is 10.2. The molecule has 0 bridgehead atoms. The standard InChI is InChI=1S/C14H14BrNO5S/c1-20-4-3-16-13(18)12(22-14(16)19)6-8-5-11(21-2)10(17)7-9(8)15/h5-7,17H,3-4H2,1-2H3/b12-6+. The predicted octanol–water partition coefficient (Wildman–Crippen LogP) is 2.85. The molecule has 118 valence electrons. The third kappa shape index (κ3) is 3.45. The first-order chi connectivity index (χ1) is 10.5. The molecule has 0 atom stereocenters. The summed E-state index contributed by atoms with van der Waals surface area (Å²) in [5.74, 6) is -0.0845. The van der Waals surface area contributed by atoms with Gasteiger partial charge in [0.2, 0.25) is 0 Å². The van der Waals surface area contributed by atoms with E-state index in [4.69, 9.17) is 9.47 Å². The van der Waals surface area contributed by atoms with Crippen LogP contribution in [0.25, 0.3) is 6.08 Å². The minimum atomic E-state index is -0.356. The maximum absolute atomic E-state index is 12.2. The number of ether oxygens (including phenoxy) is 2. The summed E-state index contributed by atoms with van der Waals surface area (Å²) in [6, 6.07) is 3.06. The van der Waals surface area contributed by atoms with Crippen LogP contribution in [0.5, 0.6) is 11.5 Å². The molecule has 1 aliphatic rings. The van der Waals surface area contributed by atoms with Crippen molar-refractivity contribution in [2.24, 2.45) is 0 Å². The summed E-state index contributed by atoms with van der Waals surface area (Å²) >= 11 is 4.18. The van der Waals surface area contributed by atoms with Gasteiger partial charge in [-0.05, 0) is 35.5 Å². The number of halogens is 1. The van der Waals surface area contributed by atoms with Crippen molar-refractivity contribution in [3.63, 3.8) is 0 Å². The molecule has 1 N–H and O–H groups in total. The van der Waals surface area contributed by atoms with Crippen LogP contribution in [0.4, 0.5) is 4.79 Å². The van der Waals surface area contributed by atoms with Crippen LogP contribution in [0.2, 0.25) is 0 Å². The number of rotatable bonds is 5. The number of benzene rings is 1. The van der Waals surface area contributed by atoms with Crippen LogP contribution in [0.1, 0.15) is 5.56 Å². The van der Waals surface area contributed by atoms with Crippen molar-refractivity contribution in [1.82, 2.24) is 4.90 Å². The Hall–Kier alpha value is -1.51. The van der Waals surface area contributed by atoms with Crippen LogP contribution in [0, 0.1) is 0 Å². The van der Waals surface area contributed by atoms with Gasteiger partial charge in [0, 0.05) is 11.6 Å². The van der Waals surface area contributed by atoms with Gasteiger partial charge in [0.15, 0.2) is 11.5 Å². The van der Waals surface area contributed by atoms with E-state index in [-0.39, 0.29) is 29.2 Å². The fourth-order valence-electron chi connectivity index (χ4n) is 1.85. The van der Waals surface area contributed by atoms with Gasteiger partial charge in [-0.1, -0.05) is 15.9 Å². The molecule has 2 rings (SSSR count). The van der Waals surface area contributed by atoms with E-state index in [2.05, 4.69) is 15.9 Å². The van der Waals surface area contributed by atoms with Crippen molar-refractivity contribution in [1.29, 1.82) is 0 Å². The molecule has 0 radical (unpaired) electrons. The molecule has 22 heavy (non-hydrogen) atoms. The number of imide groups is 1. The molecule has 8 heteroatoms. The number of aromatic hydroxyl groups is 1. The lowest BCUT2D eigenvalue weighted by molar-refractivity contribution is -0.123. The van der Waals surface area contributed by atoms with Crippen LogP contribution in [-0.2, 0) is 9.53 Å². The summed E-state index contributed by atoms with van der Waals surface area (Å²) in [4.78, 5) is 25.5.